The summed E-state index contributed by atoms with van der Waals surface area (Å²) in [6.45, 7) is 3.42. The van der Waals surface area contributed by atoms with Gasteiger partial charge in [0.25, 0.3) is 0 Å². The Bertz CT molecular complexity index is 836. The molecule has 8 N–H and O–H groups in total. The van der Waals surface area contributed by atoms with Crippen molar-refractivity contribution in [3.63, 3.8) is 0 Å². The van der Waals surface area contributed by atoms with Crippen LogP contribution >= 0.6 is 0 Å². The molecule has 9 atom stereocenters. The van der Waals surface area contributed by atoms with E-state index in [1.54, 1.807) is 0 Å². The number of carbonyl (C=O) groups is 1. The molecule has 0 spiro atoms. The summed E-state index contributed by atoms with van der Waals surface area (Å²) < 4.78 is 11.1. The Hall–Kier alpha value is -0.890. The van der Waals surface area contributed by atoms with E-state index in [9.17, 15) is 40.5 Å². The number of hydrogen-bond donors (Lipinski definition) is 8. The maximum absolute atomic E-state index is 13.0. The van der Waals surface area contributed by atoms with Gasteiger partial charge in [-0.15, -0.1) is 0 Å². The fraction of sp³-hybridized carbons (Fsp3) is 0.976. The minimum absolute atomic E-state index is 0.266. The summed E-state index contributed by atoms with van der Waals surface area (Å²) in [6, 6.07) is -1.16. The number of aliphatic hydroxyl groups is 7. The predicted octanol–water partition coefficient (Wildman–Crippen LogP) is 6.33. The number of hydrogen-bond acceptors (Lipinski definition) is 10. The van der Waals surface area contributed by atoms with Crippen molar-refractivity contribution in [3.05, 3.63) is 0 Å². The minimum Gasteiger partial charge on any atom is -0.394 e. The first-order valence-corrected chi connectivity index (χ1v) is 21.9. The molecule has 0 aromatic carbocycles. The van der Waals surface area contributed by atoms with Gasteiger partial charge < -0.3 is 50.5 Å². The van der Waals surface area contributed by atoms with Crippen molar-refractivity contribution >= 4 is 5.91 Å². The monoisotopic (exact) mass is 762 g/mol. The molecule has 1 rings (SSSR count). The average Bonchev–Trinajstić information content (AvgIpc) is 3.16. The van der Waals surface area contributed by atoms with Gasteiger partial charge in [-0.25, -0.2) is 0 Å². The lowest BCUT2D eigenvalue weighted by Gasteiger charge is -2.40. The molecule has 11 nitrogen and oxygen atoms in total. The van der Waals surface area contributed by atoms with E-state index in [1.165, 1.54) is 116 Å². The van der Waals surface area contributed by atoms with Crippen molar-refractivity contribution in [2.75, 3.05) is 13.2 Å². The number of unbranched alkanes of at least 4 members (excludes halogenated alkanes) is 24. The molecule has 0 aliphatic carbocycles. The van der Waals surface area contributed by atoms with Gasteiger partial charge in [-0.05, 0) is 12.8 Å². The van der Waals surface area contributed by atoms with Gasteiger partial charge in [0.2, 0.25) is 5.91 Å². The molecule has 0 saturated carbocycles. The van der Waals surface area contributed by atoms with Crippen LogP contribution in [0.15, 0.2) is 0 Å². The van der Waals surface area contributed by atoms with Crippen LogP contribution in [0.25, 0.3) is 0 Å². The molecule has 1 amide bonds. The molecule has 1 aliphatic rings. The molecular weight excluding hydrogens is 678 g/mol. The highest BCUT2D eigenvalue weighted by Gasteiger charge is 2.44. The van der Waals surface area contributed by atoms with Crippen LogP contribution in [0.4, 0.5) is 0 Å². The molecule has 1 fully saturated rings. The highest BCUT2D eigenvalue weighted by Crippen LogP contribution is 2.23. The number of amides is 1. The Kier molecular flexibility index (Phi) is 31.5. The van der Waals surface area contributed by atoms with Gasteiger partial charge in [0, 0.05) is 0 Å². The average molecular weight is 762 g/mol. The zero-order valence-corrected chi connectivity index (χ0v) is 33.8. The molecule has 0 radical (unpaired) electrons. The molecular formula is C42H83NO10. The van der Waals surface area contributed by atoms with E-state index in [4.69, 9.17) is 9.47 Å². The number of carbonyl (C=O) groups excluding carboxylic acids is 1. The van der Waals surface area contributed by atoms with Gasteiger partial charge in [0.15, 0.2) is 6.29 Å². The molecule has 11 heteroatoms. The lowest BCUT2D eigenvalue weighted by molar-refractivity contribution is -0.303. The second-order valence-corrected chi connectivity index (χ2v) is 15.8. The highest BCUT2D eigenvalue weighted by atomic mass is 16.7. The quantitative estimate of drug-likeness (QED) is 0.0335. The summed E-state index contributed by atoms with van der Waals surface area (Å²) in [6.07, 6.45) is 20.1. The van der Waals surface area contributed by atoms with E-state index in [2.05, 4.69) is 19.2 Å². The predicted molar refractivity (Wildman–Crippen MR) is 210 cm³/mol. The summed E-state index contributed by atoms with van der Waals surface area (Å²) in [7, 11) is 0. The zero-order valence-electron chi connectivity index (χ0n) is 33.8. The third-order valence-electron chi connectivity index (χ3n) is 10.9. The molecule has 53 heavy (non-hydrogen) atoms. The standard InChI is InChI=1S/C42H83NO10/c1-3-5-7-9-11-13-15-17-18-20-22-24-26-28-30-35(46)41(51)43-33(32-52-42-40(50)39(49)38(48)36(31-44)53-42)37(47)34(45)29-27-25-23-21-19-16-14-12-10-8-6-4-2/h33-40,42,44-50H,3-32H2,1-2H3,(H,43,51)/t33-,34+,35+,36+,37-,38+,39-,40+,42+/m0/s1. The second-order valence-electron chi connectivity index (χ2n) is 15.8. The van der Waals surface area contributed by atoms with Crippen LogP contribution in [0, 0.1) is 0 Å². The van der Waals surface area contributed by atoms with Crippen LogP contribution < -0.4 is 5.32 Å². The second kappa shape index (κ2) is 33.3. The lowest BCUT2D eigenvalue weighted by atomic mass is 9.98. The summed E-state index contributed by atoms with van der Waals surface area (Å²) in [5.74, 6) is -0.696. The Morgan fingerprint density at radius 1 is 0.585 bits per heavy atom. The topological polar surface area (TPSA) is 189 Å². The number of rotatable bonds is 36. The first-order chi connectivity index (χ1) is 25.7. The third kappa shape index (κ3) is 23.7. The van der Waals surface area contributed by atoms with E-state index < -0.39 is 74.2 Å². The molecule has 0 aromatic heterocycles. The van der Waals surface area contributed by atoms with Gasteiger partial charge in [0.05, 0.1) is 25.4 Å². The fourth-order valence-corrected chi connectivity index (χ4v) is 7.20. The van der Waals surface area contributed by atoms with Crippen LogP contribution in [-0.4, -0.2) is 110 Å². The van der Waals surface area contributed by atoms with Crippen LogP contribution in [0.1, 0.15) is 194 Å². The Balaban J connectivity index is 2.49. The largest absolute Gasteiger partial charge is 0.394 e. The van der Waals surface area contributed by atoms with E-state index in [1.807, 2.05) is 0 Å². The van der Waals surface area contributed by atoms with Gasteiger partial charge >= 0.3 is 0 Å². The van der Waals surface area contributed by atoms with Crippen LogP contribution in [-0.2, 0) is 14.3 Å². The molecule has 0 unspecified atom stereocenters. The smallest absolute Gasteiger partial charge is 0.249 e. The zero-order chi connectivity index (χ0) is 39.1. The van der Waals surface area contributed by atoms with Crippen molar-refractivity contribution in [1.82, 2.24) is 5.32 Å². The number of ether oxygens (including phenoxy) is 2. The van der Waals surface area contributed by atoms with Gasteiger partial charge in [0.1, 0.15) is 36.6 Å². The van der Waals surface area contributed by atoms with Crippen LogP contribution in [0.2, 0.25) is 0 Å². The summed E-state index contributed by atoms with van der Waals surface area (Å²) in [4.78, 5) is 13.0. The molecule has 1 saturated heterocycles. The first kappa shape index (κ1) is 50.1. The van der Waals surface area contributed by atoms with Crippen molar-refractivity contribution in [1.29, 1.82) is 0 Å². The van der Waals surface area contributed by atoms with Crippen molar-refractivity contribution in [2.24, 2.45) is 0 Å². The van der Waals surface area contributed by atoms with E-state index >= 15 is 0 Å². The number of nitrogens with one attached hydrogen (secondary N) is 1. The SMILES string of the molecule is CCCCCCCCCCCCCCCC[C@@H](O)C(=O)N[C@@H](CO[C@@H]1O[C@H](CO)[C@@H](O)[C@H](O)[C@H]1O)[C@H](O)[C@H](O)CCCCCCCCCCCCCC. The van der Waals surface area contributed by atoms with E-state index in [0.29, 0.717) is 19.3 Å². The third-order valence-corrected chi connectivity index (χ3v) is 10.9. The minimum atomic E-state index is -1.65. The van der Waals surface area contributed by atoms with Crippen LogP contribution in [0.3, 0.4) is 0 Å². The van der Waals surface area contributed by atoms with E-state index in [-0.39, 0.29) is 6.42 Å². The fourth-order valence-electron chi connectivity index (χ4n) is 7.20. The maximum Gasteiger partial charge on any atom is 0.249 e. The Morgan fingerprint density at radius 2 is 0.981 bits per heavy atom. The highest BCUT2D eigenvalue weighted by molar-refractivity contribution is 5.80. The van der Waals surface area contributed by atoms with Gasteiger partial charge in [-0.2, -0.15) is 0 Å². The molecule has 0 aromatic rings. The summed E-state index contributed by atoms with van der Waals surface area (Å²) in [5.41, 5.74) is 0. The van der Waals surface area contributed by atoms with Crippen molar-refractivity contribution in [2.45, 2.75) is 249 Å². The van der Waals surface area contributed by atoms with Gasteiger partial charge in [-0.3, -0.25) is 4.79 Å². The summed E-state index contributed by atoms with van der Waals surface area (Å²) in [5, 5.41) is 75.4. The normalized spacial score (nSPS) is 22.8. The lowest BCUT2D eigenvalue weighted by Crippen LogP contribution is -2.60. The van der Waals surface area contributed by atoms with Gasteiger partial charge in [-0.1, -0.05) is 181 Å². The summed E-state index contributed by atoms with van der Waals surface area (Å²) >= 11 is 0. The number of aliphatic hydroxyl groups excluding tert-OH is 7. The Labute approximate surface area is 322 Å². The molecule has 1 heterocycles. The van der Waals surface area contributed by atoms with Crippen molar-refractivity contribution < 1.29 is 50.0 Å². The molecule has 316 valence electrons. The van der Waals surface area contributed by atoms with Crippen LogP contribution in [0.5, 0.6) is 0 Å². The first-order valence-electron chi connectivity index (χ1n) is 21.9. The maximum atomic E-state index is 13.0. The van der Waals surface area contributed by atoms with E-state index in [0.717, 1.165) is 38.5 Å². The molecule has 0 bridgehead atoms. The Morgan fingerprint density at radius 3 is 1.40 bits per heavy atom. The van der Waals surface area contributed by atoms with Crippen molar-refractivity contribution in [3.8, 4) is 0 Å². The molecule has 1 aliphatic heterocycles.